The zero-order valence-corrected chi connectivity index (χ0v) is 20.3. The van der Waals surface area contributed by atoms with Crippen molar-refractivity contribution < 1.29 is 19.0 Å². The number of halogens is 1. The molecule has 8 heteroatoms. The summed E-state index contributed by atoms with van der Waals surface area (Å²) in [6.45, 7) is 0. The number of aromatic nitrogens is 1. The normalized spacial score (nSPS) is 10.5. The minimum atomic E-state index is -1.34. The van der Waals surface area contributed by atoms with E-state index in [1.54, 1.807) is 11.3 Å². The van der Waals surface area contributed by atoms with E-state index in [0.29, 0.717) is 16.9 Å². The summed E-state index contributed by atoms with van der Waals surface area (Å²) in [6.07, 6.45) is 0. The molecule has 0 radical (unpaired) electrons. The molecule has 0 aliphatic heterocycles. The molecule has 5 aromatic rings. The quantitative estimate of drug-likeness (QED) is 0.226. The molecule has 4 aromatic carbocycles. The number of carboxylic acid groups (broad SMARTS) is 1. The molecule has 0 amide bonds. The summed E-state index contributed by atoms with van der Waals surface area (Å²) in [5.41, 5.74) is 4.85. The molecule has 5 rings (SSSR count). The van der Waals surface area contributed by atoms with Crippen LogP contribution >= 0.6 is 24.2 Å². The SMILES string of the molecule is COc1cc(C(=O)O)c(F)cc1-c1ccc2sc(-c3ccc(-c4ccccc4)cc3)nc2c1.NS. The maximum absolute atomic E-state index is 14.3. The van der Waals surface area contributed by atoms with Gasteiger partial charge in [-0.2, -0.15) is 0 Å². The molecule has 0 saturated carbocycles. The van der Waals surface area contributed by atoms with Crippen molar-refractivity contribution in [2.75, 3.05) is 7.11 Å². The number of rotatable bonds is 5. The summed E-state index contributed by atoms with van der Waals surface area (Å²) in [6, 6.07) is 26.5. The van der Waals surface area contributed by atoms with E-state index in [1.165, 1.54) is 19.2 Å². The first-order valence-corrected chi connectivity index (χ1v) is 11.8. The van der Waals surface area contributed by atoms with Gasteiger partial charge in [-0.05, 0) is 41.0 Å². The molecule has 0 atom stereocenters. The average molecular weight is 505 g/mol. The first-order valence-electron chi connectivity index (χ1n) is 10.5. The average Bonchev–Trinajstić information content (AvgIpc) is 3.33. The lowest BCUT2D eigenvalue weighted by atomic mass is 10.0. The summed E-state index contributed by atoms with van der Waals surface area (Å²) >= 11 is 4.61. The highest BCUT2D eigenvalue weighted by Crippen LogP contribution is 2.37. The Morgan fingerprint density at radius 2 is 1.54 bits per heavy atom. The number of thiol groups is 1. The molecule has 5 nitrogen and oxygen atoms in total. The number of nitrogens with two attached hydrogens (primary N) is 1. The van der Waals surface area contributed by atoms with Crippen molar-refractivity contribution in [1.82, 2.24) is 4.98 Å². The maximum atomic E-state index is 14.3. The van der Waals surface area contributed by atoms with E-state index in [0.717, 1.165) is 31.9 Å². The predicted molar refractivity (Wildman–Crippen MR) is 143 cm³/mol. The van der Waals surface area contributed by atoms with Crippen molar-refractivity contribution in [3.63, 3.8) is 0 Å². The number of hydrogen-bond acceptors (Lipinski definition) is 6. The standard InChI is InChI=1S/C27H18FNO3S.H3NS/c1-32-24-15-21(27(30)31)22(28)14-20(24)19-11-12-25-23(13-19)29-26(33-25)18-9-7-17(8-10-18)16-5-3-2-4-6-16;1-2/h2-15H,1H3,(H,30,31);2H,1H2. The number of ether oxygens (including phenoxy) is 1. The first-order chi connectivity index (χ1) is 17.0. The van der Waals surface area contributed by atoms with E-state index in [4.69, 9.17) is 9.72 Å². The third kappa shape index (κ3) is 5.05. The molecular formula is C27H21FN2O3S2. The third-order valence-corrected chi connectivity index (χ3v) is 6.54. The smallest absolute Gasteiger partial charge is 0.338 e. The Balaban J connectivity index is 0.00000141. The first kappa shape index (κ1) is 24.4. The van der Waals surface area contributed by atoms with Crippen LogP contribution in [-0.4, -0.2) is 23.2 Å². The highest BCUT2D eigenvalue weighted by atomic mass is 32.1. The van der Waals surface area contributed by atoms with E-state index in [2.05, 4.69) is 54.4 Å². The van der Waals surface area contributed by atoms with Crippen molar-refractivity contribution >= 4 is 40.3 Å². The van der Waals surface area contributed by atoms with Crippen molar-refractivity contribution in [2.45, 2.75) is 0 Å². The van der Waals surface area contributed by atoms with Gasteiger partial charge in [0.05, 0.1) is 22.9 Å². The molecule has 0 saturated heterocycles. The number of nitrogens with zero attached hydrogens (tertiary/aromatic N) is 1. The fourth-order valence-corrected chi connectivity index (χ4v) is 4.72. The number of carboxylic acids is 1. The number of methoxy groups -OCH3 is 1. The van der Waals surface area contributed by atoms with Crippen LogP contribution in [0.25, 0.3) is 43.0 Å². The zero-order valence-electron chi connectivity index (χ0n) is 18.6. The van der Waals surface area contributed by atoms with Crippen LogP contribution in [0.1, 0.15) is 10.4 Å². The molecule has 0 fully saturated rings. The van der Waals surface area contributed by atoms with Crippen molar-refractivity contribution in [3.05, 3.63) is 96.3 Å². The number of benzene rings is 4. The van der Waals surface area contributed by atoms with E-state index < -0.39 is 17.3 Å². The van der Waals surface area contributed by atoms with Crippen molar-refractivity contribution in [3.8, 4) is 38.6 Å². The molecule has 0 bridgehead atoms. The van der Waals surface area contributed by atoms with Crippen LogP contribution in [-0.2, 0) is 0 Å². The molecule has 0 aliphatic carbocycles. The van der Waals surface area contributed by atoms with E-state index >= 15 is 0 Å². The van der Waals surface area contributed by atoms with E-state index in [1.807, 2.05) is 36.4 Å². The lowest BCUT2D eigenvalue weighted by Crippen LogP contribution is -2.02. The molecule has 0 aliphatic rings. The van der Waals surface area contributed by atoms with Crippen molar-refractivity contribution in [1.29, 1.82) is 0 Å². The van der Waals surface area contributed by atoms with Gasteiger partial charge in [0.25, 0.3) is 0 Å². The minimum Gasteiger partial charge on any atom is -0.496 e. The topological polar surface area (TPSA) is 85.4 Å². The highest BCUT2D eigenvalue weighted by molar-refractivity contribution is 7.77. The monoisotopic (exact) mass is 504 g/mol. The second-order valence-electron chi connectivity index (χ2n) is 7.48. The molecule has 1 aromatic heterocycles. The molecule has 1 heterocycles. The van der Waals surface area contributed by atoms with Crippen LogP contribution < -0.4 is 9.88 Å². The summed E-state index contributed by atoms with van der Waals surface area (Å²) in [5, 5.41) is 14.3. The Morgan fingerprint density at radius 1 is 0.914 bits per heavy atom. The van der Waals surface area contributed by atoms with Gasteiger partial charge in [-0.3, -0.25) is 5.14 Å². The number of aromatic carboxylic acids is 1. The van der Waals surface area contributed by atoms with Gasteiger partial charge in [0, 0.05) is 11.1 Å². The van der Waals surface area contributed by atoms with Gasteiger partial charge >= 0.3 is 5.97 Å². The van der Waals surface area contributed by atoms with Gasteiger partial charge in [0.15, 0.2) is 0 Å². The van der Waals surface area contributed by atoms with Gasteiger partial charge < -0.3 is 9.84 Å². The Labute approximate surface area is 211 Å². The second kappa shape index (κ2) is 10.7. The van der Waals surface area contributed by atoms with Gasteiger partial charge in [0.2, 0.25) is 0 Å². The maximum Gasteiger partial charge on any atom is 0.338 e. The Kier molecular flexibility index (Phi) is 7.45. The fraction of sp³-hybridized carbons (Fsp3) is 0.0370. The second-order valence-corrected chi connectivity index (χ2v) is 8.51. The van der Waals surface area contributed by atoms with Crippen LogP contribution in [0.15, 0.2) is 84.9 Å². The summed E-state index contributed by atoms with van der Waals surface area (Å²) < 4.78 is 20.7. The van der Waals surface area contributed by atoms with Gasteiger partial charge in [-0.25, -0.2) is 14.2 Å². The van der Waals surface area contributed by atoms with E-state index in [9.17, 15) is 14.3 Å². The number of fused-ring (bicyclic) bond motifs is 1. The number of hydrogen-bond donors (Lipinski definition) is 3. The Morgan fingerprint density at radius 3 is 2.20 bits per heavy atom. The van der Waals surface area contributed by atoms with Crippen LogP contribution in [0.2, 0.25) is 0 Å². The largest absolute Gasteiger partial charge is 0.496 e. The molecule has 35 heavy (non-hydrogen) atoms. The summed E-state index contributed by atoms with van der Waals surface area (Å²) in [4.78, 5) is 16.0. The molecular weight excluding hydrogens is 483 g/mol. The minimum absolute atomic E-state index is 0.292. The number of thiazole rings is 1. The molecule has 176 valence electrons. The Bertz CT molecular complexity index is 1490. The lowest BCUT2D eigenvalue weighted by molar-refractivity contribution is 0.0691. The van der Waals surface area contributed by atoms with Crippen LogP contribution in [0, 0.1) is 5.82 Å². The van der Waals surface area contributed by atoms with Crippen LogP contribution in [0.5, 0.6) is 5.75 Å². The Hall–Kier alpha value is -3.72. The van der Waals surface area contributed by atoms with Gasteiger partial charge in [0.1, 0.15) is 16.6 Å². The van der Waals surface area contributed by atoms with Crippen LogP contribution in [0.3, 0.4) is 0 Å². The molecule has 0 spiro atoms. The number of carbonyl (C=O) groups is 1. The third-order valence-electron chi connectivity index (χ3n) is 5.46. The van der Waals surface area contributed by atoms with Crippen molar-refractivity contribution in [2.24, 2.45) is 5.14 Å². The van der Waals surface area contributed by atoms with Crippen LogP contribution in [0.4, 0.5) is 4.39 Å². The lowest BCUT2D eigenvalue weighted by Gasteiger charge is -2.10. The summed E-state index contributed by atoms with van der Waals surface area (Å²) in [7, 11) is 1.43. The van der Waals surface area contributed by atoms with Gasteiger partial charge in [-0.15, -0.1) is 24.2 Å². The van der Waals surface area contributed by atoms with E-state index in [-0.39, 0.29) is 0 Å². The highest BCUT2D eigenvalue weighted by Gasteiger charge is 2.17. The summed E-state index contributed by atoms with van der Waals surface area (Å²) in [5.74, 6) is -1.86. The fourth-order valence-electron chi connectivity index (χ4n) is 3.77. The zero-order chi connectivity index (χ0) is 24.9. The van der Waals surface area contributed by atoms with Gasteiger partial charge in [-0.1, -0.05) is 60.7 Å². The predicted octanol–water partition coefficient (Wildman–Crippen LogP) is 6.93. The molecule has 0 unspecified atom stereocenters. The molecule has 3 N–H and O–H groups in total.